The number of hydrogen-bond donors (Lipinski definition) is 3. The number of piperidine rings is 1. The molecule has 1 aliphatic heterocycles. The summed E-state index contributed by atoms with van der Waals surface area (Å²) in [7, 11) is 2.00. The molecular formula is C16H26N2O2. The molecule has 0 bridgehead atoms. The van der Waals surface area contributed by atoms with E-state index in [1.807, 2.05) is 7.05 Å². The van der Waals surface area contributed by atoms with Crippen LogP contribution in [0.5, 0.6) is 11.5 Å². The van der Waals surface area contributed by atoms with E-state index in [0.717, 1.165) is 25.6 Å². The van der Waals surface area contributed by atoms with Gasteiger partial charge in [-0.15, -0.1) is 0 Å². The van der Waals surface area contributed by atoms with Crippen LogP contribution in [0.25, 0.3) is 0 Å². The fourth-order valence-electron chi connectivity index (χ4n) is 3.13. The second kappa shape index (κ2) is 6.95. The largest absolute Gasteiger partial charge is 0.507 e. The molecule has 1 heterocycles. The van der Waals surface area contributed by atoms with E-state index < -0.39 is 0 Å². The molecule has 1 atom stereocenters. The lowest BCUT2D eigenvalue weighted by molar-refractivity contribution is 0.134. The van der Waals surface area contributed by atoms with Crippen molar-refractivity contribution in [1.82, 2.24) is 10.2 Å². The molecule has 0 amide bonds. The lowest BCUT2D eigenvalue weighted by Crippen LogP contribution is -2.36. The van der Waals surface area contributed by atoms with Crippen LogP contribution >= 0.6 is 0 Å². The van der Waals surface area contributed by atoms with Crippen molar-refractivity contribution < 1.29 is 10.2 Å². The third kappa shape index (κ3) is 3.44. The summed E-state index contributed by atoms with van der Waals surface area (Å²) in [5, 5.41) is 23.1. The number of nitrogens with zero attached hydrogens (tertiary/aromatic N) is 1. The van der Waals surface area contributed by atoms with Crippen molar-refractivity contribution in [1.29, 1.82) is 0 Å². The predicted molar refractivity (Wildman–Crippen MR) is 81.0 cm³/mol. The summed E-state index contributed by atoms with van der Waals surface area (Å²) in [5.74, 6) is 1.17. The van der Waals surface area contributed by atoms with E-state index >= 15 is 0 Å². The summed E-state index contributed by atoms with van der Waals surface area (Å²) in [6.07, 6.45) is 3.63. The van der Waals surface area contributed by atoms with Gasteiger partial charge < -0.3 is 15.5 Å². The summed E-state index contributed by atoms with van der Waals surface area (Å²) >= 11 is 0. The molecule has 0 aliphatic carbocycles. The lowest BCUT2D eigenvalue weighted by atomic mass is 9.91. The van der Waals surface area contributed by atoms with E-state index in [-0.39, 0.29) is 17.5 Å². The molecular weight excluding hydrogens is 252 g/mol. The second-order valence-corrected chi connectivity index (χ2v) is 5.76. The maximum Gasteiger partial charge on any atom is 0.124 e. The van der Waals surface area contributed by atoms with E-state index in [2.05, 4.69) is 17.1 Å². The van der Waals surface area contributed by atoms with Gasteiger partial charge in [-0.25, -0.2) is 0 Å². The number of nitrogens with one attached hydrogen (secondary N) is 1. The van der Waals surface area contributed by atoms with Crippen LogP contribution in [-0.2, 0) is 0 Å². The van der Waals surface area contributed by atoms with Gasteiger partial charge in [0.25, 0.3) is 0 Å². The van der Waals surface area contributed by atoms with Crippen LogP contribution < -0.4 is 5.32 Å². The summed E-state index contributed by atoms with van der Waals surface area (Å²) in [6, 6.07) is 5.02. The van der Waals surface area contributed by atoms with Crippen LogP contribution in [0, 0.1) is 5.92 Å². The zero-order valence-corrected chi connectivity index (χ0v) is 12.5. The Morgan fingerprint density at radius 2 is 1.85 bits per heavy atom. The van der Waals surface area contributed by atoms with Gasteiger partial charge in [-0.05, 0) is 70.9 Å². The zero-order valence-electron chi connectivity index (χ0n) is 12.5. The number of phenols is 2. The standard InChI is InChI=1S/C16H26N2O2/c1-12(16-14(19)4-3-5-15(16)20)18-10-7-13(8-11-18)6-9-17-2/h3-5,12-13,17,19-20H,6-11H2,1-2H3. The van der Waals surface area contributed by atoms with Crippen LogP contribution in [0.3, 0.4) is 0 Å². The molecule has 1 aromatic rings. The minimum atomic E-state index is 0.0569. The Hall–Kier alpha value is -1.26. The molecule has 0 spiro atoms. The van der Waals surface area contributed by atoms with Crippen molar-refractivity contribution in [3.05, 3.63) is 23.8 Å². The first-order valence-corrected chi connectivity index (χ1v) is 7.53. The summed E-state index contributed by atoms with van der Waals surface area (Å²) in [5.41, 5.74) is 0.654. The molecule has 1 aliphatic rings. The molecule has 0 aromatic heterocycles. The first-order valence-electron chi connectivity index (χ1n) is 7.53. The quantitative estimate of drug-likeness (QED) is 0.774. The Kier molecular flexibility index (Phi) is 5.26. The monoisotopic (exact) mass is 278 g/mol. The molecule has 1 saturated heterocycles. The van der Waals surface area contributed by atoms with Crippen molar-refractivity contribution in [2.45, 2.75) is 32.2 Å². The SMILES string of the molecule is CNCCC1CCN(C(C)c2c(O)cccc2O)CC1. The Labute approximate surface area is 121 Å². The summed E-state index contributed by atoms with van der Waals surface area (Å²) in [6.45, 7) is 5.20. The number of benzene rings is 1. The highest BCUT2D eigenvalue weighted by Gasteiger charge is 2.26. The van der Waals surface area contributed by atoms with E-state index in [0.29, 0.717) is 5.56 Å². The maximum absolute atomic E-state index is 9.97. The topological polar surface area (TPSA) is 55.7 Å². The Balaban J connectivity index is 1.96. The molecule has 20 heavy (non-hydrogen) atoms. The number of likely N-dealkylation sites (tertiary alicyclic amines) is 1. The molecule has 0 radical (unpaired) electrons. The third-order valence-electron chi connectivity index (χ3n) is 4.48. The van der Waals surface area contributed by atoms with Gasteiger partial charge in [0.05, 0.1) is 5.56 Å². The Morgan fingerprint density at radius 3 is 2.40 bits per heavy atom. The van der Waals surface area contributed by atoms with Gasteiger partial charge in [0.1, 0.15) is 11.5 Å². The number of rotatable bonds is 5. The second-order valence-electron chi connectivity index (χ2n) is 5.76. The first-order chi connectivity index (χ1) is 9.63. The van der Waals surface area contributed by atoms with Gasteiger partial charge >= 0.3 is 0 Å². The molecule has 1 aromatic carbocycles. The molecule has 0 saturated carbocycles. The van der Waals surface area contributed by atoms with Crippen molar-refractivity contribution in [3.8, 4) is 11.5 Å². The van der Waals surface area contributed by atoms with Crippen molar-refractivity contribution in [2.24, 2.45) is 5.92 Å². The minimum Gasteiger partial charge on any atom is -0.507 e. The van der Waals surface area contributed by atoms with Crippen molar-refractivity contribution in [3.63, 3.8) is 0 Å². The molecule has 4 nitrogen and oxygen atoms in total. The van der Waals surface area contributed by atoms with E-state index in [1.54, 1.807) is 18.2 Å². The van der Waals surface area contributed by atoms with Gasteiger partial charge in [-0.2, -0.15) is 0 Å². The predicted octanol–water partition coefficient (Wildman–Crippen LogP) is 2.48. The van der Waals surface area contributed by atoms with Crippen LogP contribution in [0.1, 0.15) is 37.8 Å². The van der Waals surface area contributed by atoms with Crippen molar-refractivity contribution >= 4 is 0 Å². The molecule has 1 fully saturated rings. The van der Waals surface area contributed by atoms with Gasteiger partial charge in [0.15, 0.2) is 0 Å². The molecule has 3 N–H and O–H groups in total. The zero-order chi connectivity index (χ0) is 14.5. The summed E-state index contributed by atoms with van der Waals surface area (Å²) in [4.78, 5) is 2.35. The van der Waals surface area contributed by atoms with Crippen molar-refractivity contribution in [2.75, 3.05) is 26.7 Å². The van der Waals surface area contributed by atoms with Gasteiger partial charge in [-0.3, -0.25) is 4.90 Å². The average Bonchev–Trinajstić information content (AvgIpc) is 2.45. The maximum atomic E-state index is 9.97. The number of aromatic hydroxyl groups is 2. The van der Waals surface area contributed by atoms with Crippen LogP contribution in [0.4, 0.5) is 0 Å². The average molecular weight is 278 g/mol. The van der Waals surface area contributed by atoms with Crippen LogP contribution in [0.2, 0.25) is 0 Å². The normalized spacial score (nSPS) is 19.1. The van der Waals surface area contributed by atoms with Gasteiger partial charge in [0, 0.05) is 6.04 Å². The number of hydrogen-bond acceptors (Lipinski definition) is 4. The third-order valence-corrected chi connectivity index (χ3v) is 4.48. The van der Waals surface area contributed by atoms with E-state index in [1.165, 1.54) is 19.3 Å². The summed E-state index contributed by atoms with van der Waals surface area (Å²) < 4.78 is 0. The smallest absolute Gasteiger partial charge is 0.124 e. The van der Waals surface area contributed by atoms with E-state index in [4.69, 9.17) is 0 Å². The lowest BCUT2D eigenvalue weighted by Gasteiger charge is -2.36. The molecule has 2 rings (SSSR count). The van der Waals surface area contributed by atoms with Gasteiger partial charge in [-0.1, -0.05) is 6.07 Å². The molecule has 112 valence electrons. The fourth-order valence-corrected chi connectivity index (χ4v) is 3.13. The highest BCUT2D eigenvalue weighted by Crippen LogP contribution is 2.37. The van der Waals surface area contributed by atoms with Crippen LogP contribution in [0.15, 0.2) is 18.2 Å². The van der Waals surface area contributed by atoms with Crippen LogP contribution in [-0.4, -0.2) is 41.8 Å². The fraction of sp³-hybridized carbons (Fsp3) is 0.625. The highest BCUT2D eigenvalue weighted by molar-refractivity contribution is 5.45. The molecule has 1 unspecified atom stereocenters. The van der Waals surface area contributed by atoms with Gasteiger partial charge in [0.2, 0.25) is 0 Å². The Bertz CT molecular complexity index is 408. The minimum absolute atomic E-state index is 0.0569. The first kappa shape index (κ1) is 15.1. The highest BCUT2D eigenvalue weighted by atomic mass is 16.3. The number of phenolic OH excluding ortho intramolecular Hbond substituents is 2. The van der Waals surface area contributed by atoms with E-state index in [9.17, 15) is 10.2 Å². The molecule has 4 heteroatoms. The Morgan fingerprint density at radius 1 is 1.25 bits per heavy atom.